The lowest BCUT2D eigenvalue weighted by atomic mass is 9.90. The van der Waals surface area contributed by atoms with Gasteiger partial charge >= 0.3 is 0 Å². The Morgan fingerprint density at radius 3 is 2.55 bits per heavy atom. The number of carbonyl (C=O) groups is 1. The van der Waals surface area contributed by atoms with E-state index in [2.05, 4.69) is 10.1 Å². The number of hydrogen-bond acceptors (Lipinski definition) is 3. The first-order valence-corrected chi connectivity index (χ1v) is 10.8. The van der Waals surface area contributed by atoms with Crippen molar-refractivity contribution < 1.29 is 9.18 Å². The summed E-state index contributed by atoms with van der Waals surface area (Å²) < 4.78 is 13.9. The maximum atomic E-state index is 13.9. The number of amides is 1. The molecule has 1 aromatic heterocycles. The van der Waals surface area contributed by atoms with Crippen LogP contribution in [-0.4, -0.2) is 21.6 Å². The molecule has 0 spiro atoms. The van der Waals surface area contributed by atoms with Crippen molar-refractivity contribution in [3.63, 3.8) is 0 Å². The number of aryl methyl sites for hydroxylation is 1. The molecule has 1 amide bonds. The van der Waals surface area contributed by atoms with E-state index in [0.717, 1.165) is 27.6 Å². The van der Waals surface area contributed by atoms with E-state index in [-0.39, 0.29) is 17.3 Å². The van der Waals surface area contributed by atoms with E-state index in [1.807, 2.05) is 55.5 Å². The van der Waals surface area contributed by atoms with E-state index >= 15 is 0 Å². The van der Waals surface area contributed by atoms with Gasteiger partial charge in [0.1, 0.15) is 5.82 Å². The predicted octanol–water partition coefficient (Wildman–Crippen LogP) is 5.34. The highest BCUT2D eigenvalue weighted by Gasteiger charge is 2.34. The van der Waals surface area contributed by atoms with Gasteiger partial charge in [-0.15, -0.1) is 0 Å². The molecule has 5 nitrogen and oxygen atoms in total. The average Bonchev–Trinajstić information content (AvgIpc) is 3.24. The molecule has 0 saturated carbocycles. The molecule has 5 rings (SSSR count). The molecule has 0 bridgehead atoms. The Bertz CT molecular complexity index is 1470. The number of benzene rings is 3. The number of carbonyl (C=O) groups excluding carboxylic acids is 1. The number of aromatic nitrogens is 1. The number of aromatic amines is 1. The molecule has 6 heteroatoms. The molecular weight excluding hydrogens is 417 g/mol. The lowest BCUT2D eigenvalue weighted by molar-refractivity contribution is -0.130. The number of hydrogen-bond donors (Lipinski definition) is 1. The van der Waals surface area contributed by atoms with Gasteiger partial charge in [0.25, 0.3) is 5.56 Å². The third-order valence-electron chi connectivity index (χ3n) is 5.99. The monoisotopic (exact) mass is 439 g/mol. The molecule has 0 radical (unpaired) electrons. The summed E-state index contributed by atoms with van der Waals surface area (Å²) in [7, 11) is 0. The van der Waals surface area contributed by atoms with Gasteiger partial charge in [-0.2, -0.15) is 5.10 Å². The van der Waals surface area contributed by atoms with E-state index in [4.69, 9.17) is 0 Å². The first kappa shape index (κ1) is 20.8. The Morgan fingerprint density at radius 1 is 1.03 bits per heavy atom. The van der Waals surface area contributed by atoms with Crippen LogP contribution in [0.4, 0.5) is 4.39 Å². The average molecular weight is 439 g/mol. The van der Waals surface area contributed by atoms with Crippen molar-refractivity contribution in [3.8, 4) is 11.1 Å². The molecule has 0 aliphatic carbocycles. The number of nitrogens with one attached hydrogen (secondary N) is 1. The Morgan fingerprint density at radius 2 is 1.82 bits per heavy atom. The summed E-state index contributed by atoms with van der Waals surface area (Å²) in [4.78, 5) is 28.8. The summed E-state index contributed by atoms with van der Waals surface area (Å²) >= 11 is 0. The third kappa shape index (κ3) is 3.74. The highest BCUT2D eigenvalue weighted by atomic mass is 19.1. The fourth-order valence-electron chi connectivity index (χ4n) is 4.52. The van der Waals surface area contributed by atoms with Gasteiger partial charge in [0, 0.05) is 29.8 Å². The highest BCUT2D eigenvalue weighted by molar-refractivity contribution is 6.12. The summed E-state index contributed by atoms with van der Waals surface area (Å²) in [5, 5.41) is 6.82. The van der Waals surface area contributed by atoms with Crippen molar-refractivity contribution in [2.24, 2.45) is 5.10 Å². The van der Waals surface area contributed by atoms with Crippen LogP contribution in [-0.2, 0) is 4.79 Å². The Balaban J connectivity index is 1.74. The van der Waals surface area contributed by atoms with Crippen molar-refractivity contribution >= 4 is 22.5 Å². The lowest BCUT2D eigenvalue weighted by Gasteiger charge is -2.20. The molecule has 0 unspecified atom stereocenters. The van der Waals surface area contributed by atoms with Gasteiger partial charge in [-0.05, 0) is 41.8 Å². The van der Waals surface area contributed by atoms with Crippen LogP contribution in [0.2, 0.25) is 0 Å². The zero-order valence-corrected chi connectivity index (χ0v) is 18.3. The summed E-state index contributed by atoms with van der Waals surface area (Å²) in [6.07, 6.45) is 0.309. The maximum Gasteiger partial charge on any atom is 0.258 e. The molecule has 1 aliphatic heterocycles. The van der Waals surface area contributed by atoms with E-state index < -0.39 is 6.04 Å². The number of hydrazone groups is 1. The molecule has 4 aromatic rings. The maximum absolute atomic E-state index is 13.9. The van der Waals surface area contributed by atoms with Crippen molar-refractivity contribution in [3.05, 3.63) is 106 Å². The quantitative estimate of drug-likeness (QED) is 0.468. The first-order chi connectivity index (χ1) is 15.9. The van der Waals surface area contributed by atoms with E-state index in [1.165, 1.54) is 24.1 Å². The van der Waals surface area contributed by atoms with Gasteiger partial charge in [0.15, 0.2) is 0 Å². The third-order valence-corrected chi connectivity index (χ3v) is 5.99. The van der Waals surface area contributed by atoms with Crippen LogP contribution < -0.4 is 5.56 Å². The highest BCUT2D eigenvalue weighted by Crippen LogP contribution is 2.37. The first-order valence-electron chi connectivity index (χ1n) is 10.8. The van der Waals surface area contributed by atoms with Crippen LogP contribution in [0, 0.1) is 12.7 Å². The summed E-state index contributed by atoms with van der Waals surface area (Å²) in [5.74, 6) is -0.651. The van der Waals surface area contributed by atoms with Gasteiger partial charge in [-0.25, -0.2) is 9.40 Å². The van der Waals surface area contributed by atoms with Crippen LogP contribution in [0.15, 0.2) is 82.7 Å². The fourth-order valence-corrected chi connectivity index (χ4v) is 4.52. The molecule has 1 atom stereocenters. The van der Waals surface area contributed by atoms with Crippen LogP contribution in [0.3, 0.4) is 0 Å². The molecule has 3 aromatic carbocycles. The Hall–Kier alpha value is -4.06. The van der Waals surface area contributed by atoms with E-state index in [9.17, 15) is 14.0 Å². The number of H-pyrrole nitrogens is 1. The molecule has 33 heavy (non-hydrogen) atoms. The number of nitrogens with zero attached hydrogens (tertiary/aromatic N) is 2. The van der Waals surface area contributed by atoms with Crippen molar-refractivity contribution in [1.82, 2.24) is 9.99 Å². The lowest BCUT2D eigenvalue weighted by Crippen LogP contribution is -2.24. The topological polar surface area (TPSA) is 65.5 Å². The predicted molar refractivity (Wildman–Crippen MR) is 128 cm³/mol. The smallest absolute Gasteiger partial charge is 0.258 e. The second-order valence-electron chi connectivity index (χ2n) is 8.30. The largest absolute Gasteiger partial charge is 0.321 e. The Labute approximate surface area is 190 Å². The summed E-state index contributed by atoms with van der Waals surface area (Å²) in [5.41, 5.74) is 4.75. The molecule has 1 N–H and O–H groups in total. The SMILES string of the molecule is CC(=O)N1N=C(c2c(-c3ccccc3)c3ccc(C)cc3[nH]c2=O)C[C@@H]1c1cccc(F)c1. The number of fused-ring (bicyclic) bond motifs is 1. The van der Waals surface area contributed by atoms with E-state index in [0.29, 0.717) is 23.3 Å². The molecular formula is C27H22FN3O2. The zero-order chi connectivity index (χ0) is 23.1. The second kappa shape index (κ2) is 8.13. The summed E-state index contributed by atoms with van der Waals surface area (Å²) in [6, 6.07) is 21.3. The second-order valence-corrected chi connectivity index (χ2v) is 8.30. The van der Waals surface area contributed by atoms with Crippen LogP contribution >= 0.6 is 0 Å². The minimum atomic E-state index is -0.482. The van der Waals surface area contributed by atoms with Crippen molar-refractivity contribution in [2.75, 3.05) is 0 Å². The number of rotatable bonds is 3. The Kier molecular flexibility index (Phi) is 5.13. The normalized spacial score (nSPS) is 15.7. The van der Waals surface area contributed by atoms with Crippen LogP contribution in [0.25, 0.3) is 22.0 Å². The summed E-state index contributed by atoms with van der Waals surface area (Å²) in [6.45, 7) is 3.40. The van der Waals surface area contributed by atoms with Crippen molar-refractivity contribution in [1.29, 1.82) is 0 Å². The zero-order valence-electron chi connectivity index (χ0n) is 18.3. The molecule has 2 heterocycles. The van der Waals surface area contributed by atoms with Gasteiger partial charge in [0.05, 0.1) is 17.3 Å². The van der Waals surface area contributed by atoms with Crippen molar-refractivity contribution in [2.45, 2.75) is 26.3 Å². The minimum Gasteiger partial charge on any atom is -0.321 e. The minimum absolute atomic E-state index is 0.269. The fraction of sp³-hybridized carbons (Fsp3) is 0.148. The number of pyridine rings is 1. The molecule has 0 saturated heterocycles. The molecule has 164 valence electrons. The molecule has 1 aliphatic rings. The van der Waals surface area contributed by atoms with E-state index in [1.54, 1.807) is 12.1 Å². The number of halogens is 1. The van der Waals surface area contributed by atoms with Gasteiger partial charge in [0.2, 0.25) is 5.91 Å². The van der Waals surface area contributed by atoms with Gasteiger partial charge in [-0.1, -0.05) is 54.6 Å². The van der Waals surface area contributed by atoms with Gasteiger partial charge in [-0.3, -0.25) is 9.59 Å². The molecule has 0 fully saturated rings. The van der Waals surface area contributed by atoms with Gasteiger partial charge < -0.3 is 4.98 Å². The standard InChI is InChI=1S/C27H22FN3O2/c1-16-11-12-21-22(13-16)29-27(33)26(25(21)18-7-4-3-5-8-18)23-15-24(31(30-23)17(2)32)19-9-6-10-20(28)14-19/h3-14,24H,15H2,1-2H3,(H,29,33)/t24-/m1/s1. The van der Waals surface area contributed by atoms with Crippen LogP contribution in [0.1, 0.15) is 36.1 Å². The van der Waals surface area contributed by atoms with Crippen LogP contribution in [0.5, 0.6) is 0 Å².